The second-order valence-corrected chi connectivity index (χ2v) is 5.78. The lowest BCUT2D eigenvalue weighted by atomic mass is 9.23. The normalized spacial score (nSPS) is 35.1. The summed E-state index contributed by atoms with van der Waals surface area (Å²) in [6.07, 6.45) is 0.228. The van der Waals surface area contributed by atoms with Crippen LogP contribution >= 0.6 is 11.6 Å². The molecule has 3 aliphatic carbocycles. The van der Waals surface area contributed by atoms with E-state index in [-0.39, 0.29) is 19.3 Å². The molecule has 6 heteroatoms. The lowest BCUT2D eigenvalue weighted by Gasteiger charge is -2.75. The first-order valence-electron chi connectivity index (χ1n) is 5.43. The van der Waals surface area contributed by atoms with Gasteiger partial charge in [0.15, 0.2) is 0 Å². The van der Waals surface area contributed by atoms with Crippen molar-refractivity contribution in [3.63, 3.8) is 0 Å². The highest BCUT2D eigenvalue weighted by molar-refractivity contribution is 6.63. The fraction of sp³-hybridized carbons (Fsp3) is 0.455. The topological polar surface area (TPSA) is 0 Å². The van der Waals surface area contributed by atoms with Crippen LogP contribution in [-0.4, -0.2) is 6.98 Å². The zero-order chi connectivity index (χ0) is 12.5. The summed E-state index contributed by atoms with van der Waals surface area (Å²) in [5, 5.41) is -1.09. The van der Waals surface area contributed by atoms with Gasteiger partial charge in [-0.1, -0.05) is 36.2 Å². The smallest absolute Gasteiger partial charge is 0.449 e. The van der Waals surface area contributed by atoms with Crippen molar-refractivity contribution in [2.75, 3.05) is 0 Å². The van der Waals surface area contributed by atoms with Crippen LogP contribution in [0, 0.1) is 5.82 Å². The fourth-order valence-electron chi connectivity index (χ4n) is 3.40. The van der Waals surface area contributed by atoms with Gasteiger partial charge in [-0.25, -0.2) is 4.39 Å². The van der Waals surface area contributed by atoms with Gasteiger partial charge in [0.05, 0.1) is 0 Å². The van der Waals surface area contributed by atoms with E-state index in [1.807, 2.05) is 0 Å². The number of hydrogen-bond donors (Lipinski definition) is 0. The minimum absolute atomic E-state index is 0.0761. The second-order valence-electron chi connectivity index (χ2n) is 5.37. The number of benzene rings is 1. The molecule has 92 valence electrons. The van der Waals surface area contributed by atoms with Gasteiger partial charge in [0.1, 0.15) is 5.82 Å². The lowest BCUT2D eigenvalue weighted by molar-refractivity contribution is -0.0401. The minimum atomic E-state index is -4.79. The van der Waals surface area contributed by atoms with Crippen molar-refractivity contribution in [2.45, 2.75) is 30.0 Å². The molecule has 0 amide bonds. The zero-order valence-electron chi connectivity index (χ0n) is 8.82. The lowest BCUT2D eigenvalue weighted by Crippen LogP contribution is -2.67. The van der Waals surface area contributed by atoms with Crippen LogP contribution < -0.4 is 0 Å². The van der Waals surface area contributed by atoms with Crippen molar-refractivity contribution in [1.82, 2.24) is 0 Å². The SMILES string of the molecule is Fc1ccc(Cl)c(C23CC([B-](F)(F)F)(C2)C3)c1. The summed E-state index contributed by atoms with van der Waals surface area (Å²) in [5.74, 6) is -0.444. The van der Waals surface area contributed by atoms with Crippen LogP contribution in [0.5, 0.6) is 0 Å². The molecule has 2 bridgehead atoms. The summed E-state index contributed by atoms with van der Waals surface area (Å²) >= 11 is 5.93. The van der Waals surface area contributed by atoms with Crippen molar-refractivity contribution in [3.8, 4) is 0 Å². The van der Waals surface area contributed by atoms with E-state index in [2.05, 4.69) is 0 Å². The maximum absolute atomic E-state index is 13.1. The quantitative estimate of drug-likeness (QED) is 0.544. The Labute approximate surface area is 101 Å². The van der Waals surface area contributed by atoms with Gasteiger partial charge in [-0.2, -0.15) is 0 Å². The molecule has 0 aliphatic heterocycles. The van der Waals surface area contributed by atoms with Crippen LogP contribution in [0.3, 0.4) is 0 Å². The third-order valence-corrected chi connectivity index (χ3v) is 4.60. The predicted molar refractivity (Wildman–Crippen MR) is 58.7 cm³/mol. The predicted octanol–water partition coefficient (Wildman–Crippen LogP) is 4.50. The first-order valence-corrected chi connectivity index (χ1v) is 5.81. The Hall–Kier alpha value is -0.705. The van der Waals surface area contributed by atoms with E-state index >= 15 is 0 Å². The molecular weight excluding hydrogens is 254 g/mol. The molecule has 0 N–H and O–H groups in total. The Morgan fingerprint density at radius 2 is 1.71 bits per heavy atom. The first-order chi connectivity index (χ1) is 7.78. The summed E-state index contributed by atoms with van der Waals surface area (Å²) in [7, 11) is 0. The van der Waals surface area contributed by atoms with Gasteiger partial charge < -0.3 is 12.9 Å². The number of rotatable bonds is 2. The molecule has 0 spiro atoms. The highest BCUT2D eigenvalue weighted by Crippen LogP contribution is 2.82. The van der Waals surface area contributed by atoms with Crippen LogP contribution in [0.15, 0.2) is 18.2 Å². The van der Waals surface area contributed by atoms with Crippen molar-refractivity contribution in [3.05, 3.63) is 34.6 Å². The van der Waals surface area contributed by atoms with Gasteiger partial charge in [0.2, 0.25) is 0 Å². The highest BCUT2D eigenvalue weighted by atomic mass is 35.5. The fourth-order valence-corrected chi connectivity index (χ4v) is 3.72. The summed E-state index contributed by atoms with van der Waals surface area (Å²) in [4.78, 5) is 0. The van der Waals surface area contributed by atoms with E-state index in [4.69, 9.17) is 11.6 Å². The van der Waals surface area contributed by atoms with Gasteiger partial charge in [-0.05, 0) is 29.2 Å². The molecule has 0 unspecified atom stereocenters. The Kier molecular flexibility index (Phi) is 2.01. The van der Waals surface area contributed by atoms with Crippen LogP contribution in [-0.2, 0) is 5.41 Å². The molecule has 1 aromatic rings. The Morgan fingerprint density at radius 1 is 1.12 bits per heavy atom. The van der Waals surface area contributed by atoms with E-state index in [1.165, 1.54) is 18.2 Å². The maximum Gasteiger partial charge on any atom is 0.484 e. The molecule has 0 aromatic heterocycles. The van der Waals surface area contributed by atoms with Gasteiger partial charge in [0.25, 0.3) is 0 Å². The van der Waals surface area contributed by atoms with Crippen LogP contribution in [0.2, 0.25) is 10.3 Å². The Balaban J connectivity index is 1.89. The van der Waals surface area contributed by atoms with E-state index in [0.29, 0.717) is 10.6 Å². The van der Waals surface area contributed by atoms with Gasteiger partial charge in [-0.3, -0.25) is 0 Å². The highest BCUT2D eigenvalue weighted by Gasteiger charge is 2.74. The van der Waals surface area contributed by atoms with Crippen LogP contribution in [0.25, 0.3) is 0 Å². The largest absolute Gasteiger partial charge is 0.484 e. The molecule has 0 radical (unpaired) electrons. The molecule has 0 atom stereocenters. The summed E-state index contributed by atoms with van der Waals surface area (Å²) in [6.45, 7) is -4.79. The average molecular weight is 263 g/mol. The van der Waals surface area contributed by atoms with Crippen molar-refractivity contribution >= 4 is 18.6 Å². The first kappa shape index (κ1) is 11.4. The second kappa shape index (κ2) is 3.00. The molecule has 3 aliphatic rings. The molecule has 4 rings (SSSR count). The summed E-state index contributed by atoms with van der Waals surface area (Å²) < 4.78 is 51.3. The number of halogens is 5. The zero-order valence-corrected chi connectivity index (χ0v) is 9.58. The maximum atomic E-state index is 13.1. The minimum Gasteiger partial charge on any atom is -0.449 e. The molecule has 3 saturated carbocycles. The molecular formula is C11H9BClF4-. The van der Waals surface area contributed by atoms with Gasteiger partial charge in [-0.15, -0.1) is 0 Å². The molecule has 0 nitrogen and oxygen atoms in total. The standard InChI is InChI=1S/C11H9BClF4/c13-9-2-1-7(14)3-8(9)10-4-11(5-10,6-10)12(15,16)17/h1-3H,4-6H2/q-1. The Morgan fingerprint density at radius 3 is 2.24 bits per heavy atom. The van der Waals surface area contributed by atoms with Gasteiger partial charge >= 0.3 is 6.98 Å². The van der Waals surface area contributed by atoms with Crippen molar-refractivity contribution in [1.29, 1.82) is 0 Å². The summed E-state index contributed by atoms with van der Waals surface area (Å²) in [6, 6.07) is 3.91. The van der Waals surface area contributed by atoms with E-state index in [0.717, 1.165) is 0 Å². The number of hydrogen-bond acceptors (Lipinski definition) is 0. The third kappa shape index (κ3) is 1.32. The molecule has 3 fully saturated rings. The molecule has 0 saturated heterocycles. The molecule has 17 heavy (non-hydrogen) atoms. The molecule has 1 aromatic carbocycles. The Bertz CT molecular complexity index is 477. The summed E-state index contributed by atoms with van der Waals surface area (Å²) in [5.41, 5.74) is 0.0253. The van der Waals surface area contributed by atoms with Crippen LogP contribution in [0.4, 0.5) is 17.3 Å². The van der Waals surface area contributed by atoms with Crippen molar-refractivity contribution in [2.24, 2.45) is 0 Å². The molecule has 0 heterocycles. The van der Waals surface area contributed by atoms with Crippen molar-refractivity contribution < 1.29 is 17.3 Å². The van der Waals surface area contributed by atoms with Gasteiger partial charge in [0, 0.05) is 5.02 Å². The van der Waals surface area contributed by atoms with E-state index in [9.17, 15) is 17.3 Å². The van der Waals surface area contributed by atoms with E-state index < -0.39 is 23.5 Å². The average Bonchev–Trinajstić information content (AvgIpc) is 2.03. The van der Waals surface area contributed by atoms with Crippen LogP contribution in [0.1, 0.15) is 24.8 Å². The third-order valence-electron chi connectivity index (χ3n) is 4.27. The monoisotopic (exact) mass is 263 g/mol. The van der Waals surface area contributed by atoms with E-state index in [1.54, 1.807) is 0 Å².